The number of aromatic nitrogens is 4. The minimum Gasteiger partial charge on any atom is -0.446 e. The number of H-pyrrole nitrogens is 1. The second kappa shape index (κ2) is 7.50. The summed E-state index contributed by atoms with van der Waals surface area (Å²) in [5.41, 5.74) is 1.86. The number of nitrogens with zero attached hydrogens (tertiary/aromatic N) is 3. The summed E-state index contributed by atoms with van der Waals surface area (Å²) >= 11 is 0. The van der Waals surface area contributed by atoms with E-state index in [0.29, 0.717) is 17.6 Å². The molecule has 2 aromatic rings. The number of ether oxygens (including phenoxy) is 1. The lowest BCUT2D eigenvalue weighted by molar-refractivity contribution is 0.0981. The van der Waals surface area contributed by atoms with Crippen LogP contribution in [-0.2, 0) is 4.74 Å². The van der Waals surface area contributed by atoms with E-state index in [1.54, 1.807) is 12.4 Å². The second-order valence-corrected chi connectivity index (χ2v) is 6.66. The number of hydrogen-bond acceptors (Lipinski definition) is 6. The zero-order valence-corrected chi connectivity index (χ0v) is 14.7. The Morgan fingerprint density at radius 2 is 2.12 bits per heavy atom. The number of aromatic amines is 1. The topological polar surface area (TPSA) is 105 Å². The van der Waals surface area contributed by atoms with Crippen molar-refractivity contribution < 1.29 is 9.53 Å². The number of hydrogen-bond donors (Lipinski definition) is 3. The van der Waals surface area contributed by atoms with Crippen molar-refractivity contribution in [2.75, 3.05) is 5.32 Å². The van der Waals surface area contributed by atoms with Gasteiger partial charge in [0.1, 0.15) is 6.10 Å². The molecular formula is C17H24N6O2. The second-order valence-electron chi connectivity index (χ2n) is 6.66. The largest absolute Gasteiger partial charge is 0.446 e. The van der Waals surface area contributed by atoms with Gasteiger partial charge in [-0.1, -0.05) is 0 Å². The quantitative estimate of drug-likeness (QED) is 0.770. The Bertz CT molecular complexity index is 729. The predicted molar refractivity (Wildman–Crippen MR) is 93.8 cm³/mol. The molecule has 134 valence electrons. The standard InChI is InChI=1S/C17H24N6O2/c1-10(2)20-17(24)25-13-5-4-12(8-13)14-9-15(23-22-14)21-16-11(3)18-6-7-19-16/h6-7,9-10,12-13H,4-5,8H2,1-3H3,(H,20,24)(H2,19,21,22,23)/t12-,13+/m0/s1. The zero-order valence-electron chi connectivity index (χ0n) is 14.7. The van der Waals surface area contributed by atoms with E-state index in [1.165, 1.54) is 0 Å². The Morgan fingerprint density at radius 3 is 2.88 bits per heavy atom. The van der Waals surface area contributed by atoms with Gasteiger partial charge in [0.25, 0.3) is 0 Å². The Labute approximate surface area is 146 Å². The Morgan fingerprint density at radius 1 is 1.32 bits per heavy atom. The summed E-state index contributed by atoms with van der Waals surface area (Å²) in [5.74, 6) is 1.71. The van der Waals surface area contributed by atoms with Crippen LogP contribution in [0.2, 0.25) is 0 Å². The van der Waals surface area contributed by atoms with Gasteiger partial charge in [0.05, 0.1) is 5.69 Å². The first-order valence-corrected chi connectivity index (χ1v) is 8.58. The van der Waals surface area contributed by atoms with Gasteiger partial charge >= 0.3 is 6.09 Å². The fraction of sp³-hybridized carbons (Fsp3) is 0.529. The van der Waals surface area contributed by atoms with E-state index in [0.717, 1.165) is 30.7 Å². The fourth-order valence-corrected chi connectivity index (χ4v) is 3.01. The van der Waals surface area contributed by atoms with Gasteiger partial charge in [-0.15, -0.1) is 0 Å². The van der Waals surface area contributed by atoms with Crippen molar-refractivity contribution in [2.24, 2.45) is 0 Å². The number of carbonyl (C=O) groups is 1. The third kappa shape index (κ3) is 4.46. The van der Waals surface area contributed by atoms with Gasteiger partial charge in [0, 0.05) is 36.1 Å². The highest BCUT2D eigenvalue weighted by atomic mass is 16.6. The van der Waals surface area contributed by atoms with E-state index in [-0.39, 0.29) is 18.2 Å². The van der Waals surface area contributed by atoms with Crippen LogP contribution in [0.1, 0.15) is 50.4 Å². The molecule has 1 amide bonds. The molecule has 1 fully saturated rings. The molecule has 0 aliphatic heterocycles. The molecule has 0 unspecified atom stereocenters. The number of alkyl carbamates (subject to hydrolysis) is 1. The van der Waals surface area contributed by atoms with Crippen molar-refractivity contribution in [3.63, 3.8) is 0 Å². The highest BCUT2D eigenvalue weighted by Crippen LogP contribution is 2.36. The molecule has 0 spiro atoms. The van der Waals surface area contributed by atoms with Crippen molar-refractivity contribution in [1.29, 1.82) is 0 Å². The predicted octanol–water partition coefficient (Wildman–Crippen LogP) is 3.02. The maximum absolute atomic E-state index is 11.7. The fourth-order valence-electron chi connectivity index (χ4n) is 3.01. The van der Waals surface area contributed by atoms with E-state index >= 15 is 0 Å². The summed E-state index contributed by atoms with van der Waals surface area (Å²) < 4.78 is 5.47. The smallest absolute Gasteiger partial charge is 0.407 e. The number of anilines is 2. The molecule has 3 rings (SSSR count). The third-order valence-corrected chi connectivity index (χ3v) is 4.23. The molecule has 2 aromatic heterocycles. The third-order valence-electron chi connectivity index (χ3n) is 4.23. The molecule has 1 saturated carbocycles. The SMILES string of the molecule is Cc1nccnc1Nc1cc([C@H]2CC[C@@H](OC(=O)NC(C)C)C2)[nH]n1. The average Bonchev–Trinajstić information content (AvgIpc) is 3.18. The maximum atomic E-state index is 11.7. The van der Waals surface area contributed by atoms with Crippen LogP contribution < -0.4 is 10.6 Å². The van der Waals surface area contributed by atoms with Gasteiger partial charge in [-0.25, -0.2) is 9.78 Å². The van der Waals surface area contributed by atoms with Crippen LogP contribution >= 0.6 is 0 Å². The summed E-state index contributed by atoms with van der Waals surface area (Å²) in [7, 11) is 0. The molecule has 25 heavy (non-hydrogen) atoms. The van der Waals surface area contributed by atoms with Crippen LogP contribution in [0.5, 0.6) is 0 Å². The summed E-state index contributed by atoms with van der Waals surface area (Å²) in [4.78, 5) is 20.2. The highest BCUT2D eigenvalue weighted by molar-refractivity contribution is 5.67. The molecule has 0 radical (unpaired) electrons. The Kier molecular flexibility index (Phi) is 5.16. The molecular weight excluding hydrogens is 320 g/mol. The van der Waals surface area contributed by atoms with E-state index in [4.69, 9.17) is 4.74 Å². The number of nitrogens with one attached hydrogen (secondary N) is 3. The number of aryl methyl sites for hydroxylation is 1. The molecule has 3 N–H and O–H groups in total. The van der Waals surface area contributed by atoms with E-state index in [2.05, 4.69) is 30.8 Å². The number of carbonyl (C=O) groups excluding carboxylic acids is 1. The van der Waals surface area contributed by atoms with Crippen LogP contribution in [0.4, 0.5) is 16.4 Å². The molecule has 2 atom stereocenters. The van der Waals surface area contributed by atoms with E-state index in [1.807, 2.05) is 26.8 Å². The maximum Gasteiger partial charge on any atom is 0.407 e. The minimum atomic E-state index is -0.342. The van der Waals surface area contributed by atoms with Gasteiger partial charge < -0.3 is 15.4 Å². The van der Waals surface area contributed by atoms with Crippen molar-refractivity contribution in [3.8, 4) is 0 Å². The average molecular weight is 344 g/mol. The number of amides is 1. The normalized spacial score (nSPS) is 19.8. The molecule has 1 aliphatic rings. The lowest BCUT2D eigenvalue weighted by Gasteiger charge is -2.14. The summed E-state index contributed by atoms with van der Waals surface area (Å²) in [6.07, 6.45) is 5.54. The van der Waals surface area contributed by atoms with E-state index in [9.17, 15) is 4.79 Å². The van der Waals surface area contributed by atoms with Gasteiger partial charge in [-0.3, -0.25) is 10.1 Å². The van der Waals surface area contributed by atoms with Crippen molar-refractivity contribution in [1.82, 2.24) is 25.5 Å². The first-order valence-electron chi connectivity index (χ1n) is 8.58. The first-order chi connectivity index (χ1) is 12.0. The van der Waals surface area contributed by atoms with Crippen LogP contribution in [0.25, 0.3) is 0 Å². The van der Waals surface area contributed by atoms with Crippen molar-refractivity contribution in [3.05, 3.63) is 29.8 Å². The van der Waals surface area contributed by atoms with Crippen LogP contribution in [0.15, 0.2) is 18.5 Å². The Hall–Kier alpha value is -2.64. The van der Waals surface area contributed by atoms with Crippen LogP contribution in [-0.4, -0.2) is 38.4 Å². The highest BCUT2D eigenvalue weighted by Gasteiger charge is 2.30. The molecule has 0 bridgehead atoms. The lowest BCUT2D eigenvalue weighted by Crippen LogP contribution is -2.33. The summed E-state index contributed by atoms with van der Waals surface area (Å²) in [6.45, 7) is 5.72. The van der Waals surface area contributed by atoms with Gasteiger partial charge in [-0.05, 0) is 40.0 Å². The Balaban J connectivity index is 1.56. The summed E-state index contributed by atoms with van der Waals surface area (Å²) in [5, 5.41) is 13.3. The van der Waals surface area contributed by atoms with Crippen molar-refractivity contribution in [2.45, 2.75) is 58.1 Å². The van der Waals surface area contributed by atoms with E-state index < -0.39 is 0 Å². The van der Waals surface area contributed by atoms with Crippen LogP contribution in [0.3, 0.4) is 0 Å². The molecule has 2 heterocycles. The summed E-state index contributed by atoms with van der Waals surface area (Å²) in [6, 6.07) is 2.06. The lowest BCUT2D eigenvalue weighted by atomic mass is 10.0. The van der Waals surface area contributed by atoms with Crippen molar-refractivity contribution >= 4 is 17.7 Å². The monoisotopic (exact) mass is 344 g/mol. The molecule has 8 nitrogen and oxygen atoms in total. The van der Waals surface area contributed by atoms with Gasteiger partial charge in [0.2, 0.25) is 0 Å². The molecule has 8 heteroatoms. The number of rotatable bonds is 5. The molecule has 0 saturated heterocycles. The minimum absolute atomic E-state index is 0.0503. The molecule has 1 aliphatic carbocycles. The zero-order chi connectivity index (χ0) is 17.8. The van der Waals surface area contributed by atoms with Crippen LogP contribution in [0, 0.1) is 6.92 Å². The van der Waals surface area contributed by atoms with Gasteiger partial charge in [-0.2, -0.15) is 5.10 Å². The molecule has 0 aromatic carbocycles. The van der Waals surface area contributed by atoms with Gasteiger partial charge in [0.15, 0.2) is 11.6 Å². The first kappa shape index (κ1) is 17.2.